The molecular weight excluding hydrogens is 394 g/mol. The molecule has 1 aliphatic heterocycles. The van der Waals surface area contributed by atoms with Crippen LogP contribution in [0.15, 0.2) is 40.9 Å². The normalized spacial score (nSPS) is 14.0. The predicted molar refractivity (Wildman–Crippen MR) is 106 cm³/mol. The van der Waals surface area contributed by atoms with Gasteiger partial charge in [-0.25, -0.2) is 0 Å². The van der Waals surface area contributed by atoms with Crippen LogP contribution in [-0.4, -0.2) is 24.8 Å². The number of nitrogens with zero attached hydrogens (tertiary/aromatic N) is 1. The molecule has 1 aliphatic rings. The number of ether oxygens (including phenoxy) is 1. The monoisotopic (exact) mass is 415 g/mol. The van der Waals surface area contributed by atoms with Gasteiger partial charge >= 0.3 is 0 Å². The van der Waals surface area contributed by atoms with Crippen molar-refractivity contribution in [2.45, 2.75) is 33.1 Å². The highest BCUT2D eigenvalue weighted by Crippen LogP contribution is 2.37. The fraction of sp³-hybridized carbons (Fsp3) is 0.333. The van der Waals surface area contributed by atoms with Crippen LogP contribution in [0.4, 0.5) is 5.69 Å². The minimum absolute atomic E-state index is 0.0922. The van der Waals surface area contributed by atoms with Gasteiger partial charge in [0, 0.05) is 4.47 Å². The molecular formula is C21H22BrNO3. The largest absolute Gasteiger partial charge is 0.492 e. The first-order valence-corrected chi connectivity index (χ1v) is 9.37. The number of fused-ring (bicyclic) bond motifs is 1. The molecule has 0 atom stereocenters. The van der Waals surface area contributed by atoms with Gasteiger partial charge in [0.05, 0.1) is 17.8 Å². The van der Waals surface area contributed by atoms with Crippen molar-refractivity contribution >= 4 is 33.3 Å². The van der Waals surface area contributed by atoms with Crippen molar-refractivity contribution in [2.24, 2.45) is 0 Å². The molecule has 1 amide bonds. The molecule has 3 rings (SSSR count). The van der Waals surface area contributed by atoms with Crippen LogP contribution in [0.25, 0.3) is 0 Å². The van der Waals surface area contributed by atoms with Gasteiger partial charge in [-0.1, -0.05) is 32.9 Å². The van der Waals surface area contributed by atoms with E-state index in [0.29, 0.717) is 24.4 Å². The second kappa shape index (κ2) is 6.88. The lowest BCUT2D eigenvalue weighted by Crippen LogP contribution is -2.33. The zero-order chi connectivity index (χ0) is 19.1. The number of Topliss-reactive ketones (excluding diaryl/α,β-unsaturated/α-hetero) is 1. The Balaban J connectivity index is 1.70. The Labute approximate surface area is 162 Å². The highest BCUT2D eigenvalue weighted by molar-refractivity contribution is 9.10. The van der Waals surface area contributed by atoms with E-state index in [0.717, 1.165) is 15.8 Å². The summed E-state index contributed by atoms with van der Waals surface area (Å²) in [6.45, 7) is 9.02. The average Bonchev–Trinajstić information content (AvgIpc) is 2.80. The maximum atomic E-state index is 12.3. The third-order valence-electron chi connectivity index (χ3n) is 4.47. The molecule has 0 spiro atoms. The van der Waals surface area contributed by atoms with Crippen LogP contribution in [-0.2, 0) is 10.2 Å². The van der Waals surface area contributed by atoms with E-state index in [-0.39, 0.29) is 5.41 Å². The number of carbonyl (C=O) groups is 2. The maximum Gasteiger partial charge on any atom is 0.299 e. The lowest BCUT2D eigenvalue weighted by molar-refractivity contribution is -0.114. The Bertz CT molecular complexity index is 866. The third-order valence-corrected chi connectivity index (χ3v) is 5.07. The first kappa shape index (κ1) is 18.6. The van der Waals surface area contributed by atoms with Gasteiger partial charge in [0.25, 0.3) is 11.7 Å². The second-order valence-corrected chi connectivity index (χ2v) is 8.41. The molecule has 0 radical (unpaired) electrons. The lowest BCUT2D eigenvalue weighted by atomic mass is 9.87. The van der Waals surface area contributed by atoms with Gasteiger partial charge in [-0.2, -0.15) is 0 Å². The number of carbonyl (C=O) groups excluding carboxylic acids is 2. The molecule has 0 aliphatic carbocycles. The summed E-state index contributed by atoms with van der Waals surface area (Å²) in [5, 5.41) is 0. The third kappa shape index (κ3) is 3.54. The van der Waals surface area contributed by atoms with Crippen LogP contribution >= 0.6 is 15.9 Å². The lowest BCUT2D eigenvalue weighted by Gasteiger charge is -2.20. The molecule has 1 heterocycles. The predicted octanol–water partition coefficient (Wildman–Crippen LogP) is 4.66. The molecule has 0 bridgehead atoms. The molecule has 136 valence electrons. The number of ketones is 1. The van der Waals surface area contributed by atoms with Crippen molar-refractivity contribution in [1.82, 2.24) is 0 Å². The van der Waals surface area contributed by atoms with Crippen LogP contribution in [0.3, 0.4) is 0 Å². The smallest absolute Gasteiger partial charge is 0.299 e. The van der Waals surface area contributed by atoms with E-state index in [1.165, 1.54) is 10.5 Å². The quantitative estimate of drug-likeness (QED) is 0.681. The average molecular weight is 416 g/mol. The summed E-state index contributed by atoms with van der Waals surface area (Å²) in [7, 11) is 0. The van der Waals surface area contributed by atoms with Crippen molar-refractivity contribution in [1.29, 1.82) is 0 Å². The van der Waals surface area contributed by atoms with E-state index >= 15 is 0 Å². The Morgan fingerprint density at radius 1 is 1.08 bits per heavy atom. The summed E-state index contributed by atoms with van der Waals surface area (Å²) < 4.78 is 6.53. The second-order valence-electron chi connectivity index (χ2n) is 7.55. The number of anilines is 1. The Hall–Kier alpha value is -2.14. The highest BCUT2D eigenvalue weighted by Gasteiger charge is 2.37. The Morgan fingerprint density at radius 3 is 2.35 bits per heavy atom. The molecule has 4 nitrogen and oxygen atoms in total. The summed E-state index contributed by atoms with van der Waals surface area (Å²) in [5.41, 5.74) is 3.36. The summed E-state index contributed by atoms with van der Waals surface area (Å²) in [5.74, 6) is -0.212. The molecule has 2 aromatic carbocycles. The molecule has 0 saturated heterocycles. The summed E-state index contributed by atoms with van der Waals surface area (Å²) in [6.07, 6.45) is 0. The van der Waals surface area contributed by atoms with Gasteiger partial charge in [-0.3, -0.25) is 9.59 Å². The first-order chi connectivity index (χ1) is 12.2. The van der Waals surface area contributed by atoms with Crippen molar-refractivity contribution in [3.05, 3.63) is 57.6 Å². The van der Waals surface area contributed by atoms with Crippen molar-refractivity contribution < 1.29 is 14.3 Å². The van der Waals surface area contributed by atoms with Crippen LogP contribution in [0.1, 0.15) is 42.3 Å². The number of rotatable bonds is 4. The summed E-state index contributed by atoms with van der Waals surface area (Å²) in [6, 6.07) is 11.6. The van der Waals surface area contributed by atoms with Crippen molar-refractivity contribution in [2.75, 3.05) is 18.1 Å². The van der Waals surface area contributed by atoms with E-state index in [2.05, 4.69) is 48.8 Å². The number of aryl methyl sites for hydroxylation is 1. The molecule has 5 heteroatoms. The Kier molecular flexibility index (Phi) is 4.93. The fourth-order valence-corrected chi connectivity index (χ4v) is 3.83. The first-order valence-electron chi connectivity index (χ1n) is 8.58. The molecule has 0 unspecified atom stereocenters. The minimum Gasteiger partial charge on any atom is -0.492 e. The number of benzene rings is 2. The molecule has 26 heavy (non-hydrogen) atoms. The molecule has 0 fully saturated rings. The van der Waals surface area contributed by atoms with Crippen molar-refractivity contribution in [3.8, 4) is 5.75 Å². The van der Waals surface area contributed by atoms with E-state index in [9.17, 15) is 9.59 Å². The number of amides is 1. The van der Waals surface area contributed by atoms with E-state index in [1.807, 2.05) is 25.1 Å². The summed E-state index contributed by atoms with van der Waals surface area (Å²) >= 11 is 3.47. The molecule has 0 N–H and O–H groups in total. The standard InChI is InChI=1S/C21H22BrNO3/c1-13-11-16-18(17(22)12-13)23(20(25)19(16)24)9-10-26-15-7-5-14(6-8-15)21(2,3)4/h5-8,11-12H,9-10H2,1-4H3. The van der Waals surface area contributed by atoms with Crippen LogP contribution < -0.4 is 9.64 Å². The van der Waals surface area contributed by atoms with E-state index < -0.39 is 11.7 Å². The number of hydrogen-bond donors (Lipinski definition) is 0. The number of halogens is 1. The van der Waals surface area contributed by atoms with E-state index in [4.69, 9.17) is 4.74 Å². The molecule has 0 saturated carbocycles. The Morgan fingerprint density at radius 2 is 1.73 bits per heavy atom. The van der Waals surface area contributed by atoms with Gasteiger partial charge in [-0.05, 0) is 63.7 Å². The van der Waals surface area contributed by atoms with E-state index in [1.54, 1.807) is 6.07 Å². The van der Waals surface area contributed by atoms with Gasteiger partial charge in [0.1, 0.15) is 12.4 Å². The zero-order valence-corrected chi connectivity index (χ0v) is 17.0. The zero-order valence-electron chi connectivity index (χ0n) is 15.4. The fourth-order valence-electron chi connectivity index (χ4n) is 3.04. The maximum absolute atomic E-state index is 12.3. The topological polar surface area (TPSA) is 46.6 Å². The number of hydrogen-bond acceptors (Lipinski definition) is 3. The highest BCUT2D eigenvalue weighted by atomic mass is 79.9. The molecule has 0 aromatic heterocycles. The SMILES string of the molecule is Cc1cc(Br)c2c(c1)C(=O)C(=O)N2CCOc1ccc(C(C)(C)C)cc1. The van der Waals surface area contributed by atoms with Crippen LogP contribution in [0.2, 0.25) is 0 Å². The van der Waals surface area contributed by atoms with Gasteiger partial charge in [-0.15, -0.1) is 0 Å². The van der Waals surface area contributed by atoms with Gasteiger partial charge in [0.2, 0.25) is 0 Å². The minimum atomic E-state index is -0.502. The molecule has 2 aromatic rings. The van der Waals surface area contributed by atoms with Gasteiger partial charge < -0.3 is 9.64 Å². The van der Waals surface area contributed by atoms with Crippen LogP contribution in [0.5, 0.6) is 5.75 Å². The van der Waals surface area contributed by atoms with Crippen molar-refractivity contribution in [3.63, 3.8) is 0 Å². The van der Waals surface area contributed by atoms with Gasteiger partial charge in [0.15, 0.2) is 0 Å². The summed E-state index contributed by atoms with van der Waals surface area (Å²) in [4.78, 5) is 26.0. The van der Waals surface area contributed by atoms with Crippen LogP contribution in [0, 0.1) is 6.92 Å².